The SMILES string of the molecule is CC(=O)N(C)C(Cc1c[nH]c2ccccc12)C(=O)NC(C)(C)C=O. The Kier molecular flexibility index (Phi) is 5.07. The maximum Gasteiger partial charge on any atom is 0.243 e. The molecule has 0 saturated carbocycles. The number of hydrogen-bond acceptors (Lipinski definition) is 3. The van der Waals surface area contributed by atoms with Crippen LogP contribution in [0, 0.1) is 0 Å². The predicted molar refractivity (Wildman–Crippen MR) is 92.5 cm³/mol. The molecule has 0 aliphatic carbocycles. The lowest BCUT2D eigenvalue weighted by molar-refractivity contribution is -0.138. The average molecular weight is 329 g/mol. The molecule has 2 rings (SSSR count). The third-order valence-corrected chi connectivity index (χ3v) is 4.10. The smallest absolute Gasteiger partial charge is 0.243 e. The van der Waals surface area contributed by atoms with Gasteiger partial charge in [0.25, 0.3) is 0 Å². The summed E-state index contributed by atoms with van der Waals surface area (Å²) in [6, 6.07) is 7.10. The van der Waals surface area contributed by atoms with Crippen molar-refractivity contribution in [2.24, 2.45) is 0 Å². The second-order valence-electron chi connectivity index (χ2n) is 6.54. The van der Waals surface area contributed by atoms with E-state index >= 15 is 0 Å². The number of nitrogens with zero attached hydrogens (tertiary/aromatic N) is 1. The van der Waals surface area contributed by atoms with Gasteiger partial charge in [0, 0.05) is 37.5 Å². The number of para-hydroxylation sites is 1. The highest BCUT2D eigenvalue weighted by Crippen LogP contribution is 2.20. The largest absolute Gasteiger partial charge is 0.361 e. The molecule has 2 N–H and O–H groups in total. The lowest BCUT2D eigenvalue weighted by Gasteiger charge is -2.29. The lowest BCUT2D eigenvalue weighted by Crippen LogP contribution is -2.54. The normalized spacial score (nSPS) is 12.7. The molecule has 0 bridgehead atoms. The van der Waals surface area contributed by atoms with Gasteiger partial charge in [-0.05, 0) is 25.5 Å². The average Bonchev–Trinajstić information content (AvgIpc) is 2.94. The number of likely N-dealkylation sites (N-methyl/N-ethyl adjacent to an activating group) is 1. The summed E-state index contributed by atoms with van der Waals surface area (Å²) in [5.41, 5.74) is 0.945. The van der Waals surface area contributed by atoms with Crippen LogP contribution in [0.5, 0.6) is 0 Å². The molecule has 1 aromatic heterocycles. The van der Waals surface area contributed by atoms with Crippen molar-refractivity contribution in [1.82, 2.24) is 15.2 Å². The van der Waals surface area contributed by atoms with E-state index in [1.54, 1.807) is 20.9 Å². The Balaban J connectivity index is 2.31. The van der Waals surface area contributed by atoms with E-state index in [0.29, 0.717) is 12.7 Å². The molecule has 6 nitrogen and oxygen atoms in total. The fraction of sp³-hybridized carbons (Fsp3) is 0.389. The number of carbonyl (C=O) groups excluding carboxylic acids is 3. The maximum atomic E-state index is 12.7. The molecule has 2 aromatic rings. The van der Waals surface area contributed by atoms with Crippen molar-refractivity contribution in [1.29, 1.82) is 0 Å². The number of aromatic amines is 1. The van der Waals surface area contributed by atoms with Crippen molar-refractivity contribution in [3.05, 3.63) is 36.0 Å². The molecule has 0 fully saturated rings. The Hall–Kier alpha value is -2.63. The van der Waals surface area contributed by atoms with E-state index in [0.717, 1.165) is 16.5 Å². The fourth-order valence-electron chi connectivity index (χ4n) is 2.56. The Morgan fingerprint density at radius 3 is 2.62 bits per heavy atom. The molecule has 1 unspecified atom stereocenters. The van der Waals surface area contributed by atoms with Crippen LogP contribution < -0.4 is 5.32 Å². The third kappa shape index (κ3) is 3.82. The zero-order valence-electron chi connectivity index (χ0n) is 14.4. The highest BCUT2D eigenvalue weighted by molar-refractivity contribution is 5.90. The number of fused-ring (bicyclic) bond motifs is 1. The van der Waals surface area contributed by atoms with Gasteiger partial charge in [-0.15, -0.1) is 0 Å². The molecule has 24 heavy (non-hydrogen) atoms. The monoisotopic (exact) mass is 329 g/mol. The number of H-pyrrole nitrogens is 1. The summed E-state index contributed by atoms with van der Waals surface area (Å²) in [6.45, 7) is 4.66. The zero-order chi connectivity index (χ0) is 17.9. The van der Waals surface area contributed by atoms with E-state index in [-0.39, 0.29) is 11.8 Å². The van der Waals surface area contributed by atoms with Crippen LogP contribution in [0.4, 0.5) is 0 Å². The Bertz CT molecular complexity index is 764. The van der Waals surface area contributed by atoms with Crippen molar-refractivity contribution < 1.29 is 14.4 Å². The number of hydrogen-bond donors (Lipinski definition) is 2. The van der Waals surface area contributed by atoms with Crippen LogP contribution >= 0.6 is 0 Å². The van der Waals surface area contributed by atoms with Crippen molar-refractivity contribution in [2.75, 3.05) is 7.05 Å². The molecule has 0 spiro atoms. The molecule has 0 aliphatic rings. The van der Waals surface area contributed by atoms with Gasteiger partial charge in [0.15, 0.2) is 0 Å². The molecule has 0 aliphatic heterocycles. The van der Waals surface area contributed by atoms with Crippen molar-refractivity contribution >= 4 is 29.0 Å². The van der Waals surface area contributed by atoms with E-state index in [2.05, 4.69) is 10.3 Å². The van der Waals surface area contributed by atoms with Gasteiger partial charge in [0.2, 0.25) is 11.8 Å². The zero-order valence-corrected chi connectivity index (χ0v) is 14.4. The van der Waals surface area contributed by atoms with Gasteiger partial charge in [-0.3, -0.25) is 9.59 Å². The van der Waals surface area contributed by atoms with Crippen LogP contribution in [0.25, 0.3) is 10.9 Å². The highest BCUT2D eigenvalue weighted by atomic mass is 16.2. The van der Waals surface area contributed by atoms with E-state index in [9.17, 15) is 14.4 Å². The maximum absolute atomic E-state index is 12.7. The second-order valence-corrected chi connectivity index (χ2v) is 6.54. The van der Waals surface area contributed by atoms with Crippen LogP contribution in [0.3, 0.4) is 0 Å². The minimum atomic E-state index is -0.979. The molecule has 128 valence electrons. The summed E-state index contributed by atoms with van der Waals surface area (Å²) >= 11 is 0. The summed E-state index contributed by atoms with van der Waals surface area (Å²) in [6.07, 6.45) is 2.89. The number of aldehydes is 1. The molecule has 6 heteroatoms. The number of carbonyl (C=O) groups is 3. The van der Waals surface area contributed by atoms with Gasteiger partial charge in [-0.1, -0.05) is 18.2 Å². The van der Waals surface area contributed by atoms with Crippen LogP contribution in [-0.2, 0) is 20.8 Å². The molecular weight excluding hydrogens is 306 g/mol. The molecule has 0 radical (unpaired) electrons. The first kappa shape index (κ1) is 17.7. The number of aromatic nitrogens is 1. The van der Waals surface area contributed by atoms with Crippen LogP contribution in [-0.4, -0.2) is 46.6 Å². The van der Waals surface area contributed by atoms with Gasteiger partial charge >= 0.3 is 0 Å². The van der Waals surface area contributed by atoms with E-state index < -0.39 is 11.6 Å². The quantitative estimate of drug-likeness (QED) is 0.791. The van der Waals surface area contributed by atoms with Crippen molar-refractivity contribution in [2.45, 2.75) is 38.8 Å². The first-order valence-corrected chi connectivity index (χ1v) is 7.82. The molecule has 1 heterocycles. The van der Waals surface area contributed by atoms with Crippen LogP contribution in [0.2, 0.25) is 0 Å². The molecule has 0 saturated heterocycles. The Labute approximate surface area is 141 Å². The van der Waals surface area contributed by atoms with Gasteiger partial charge in [-0.2, -0.15) is 0 Å². The summed E-state index contributed by atoms with van der Waals surface area (Å²) in [5, 5.41) is 3.71. The number of amides is 2. The van der Waals surface area contributed by atoms with Gasteiger partial charge in [-0.25, -0.2) is 0 Å². The summed E-state index contributed by atoms with van der Waals surface area (Å²) < 4.78 is 0. The first-order valence-electron chi connectivity index (χ1n) is 7.82. The van der Waals surface area contributed by atoms with Crippen LogP contribution in [0.1, 0.15) is 26.3 Å². The van der Waals surface area contributed by atoms with Crippen molar-refractivity contribution in [3.63, 3.8) is 0 Å². The molecule has 1 aromatic carbocycles. The van der Waals surface area contributed by atoms with E-state index in [1.807, 2.05) is 30.5 Å². The van der Waals surface area contributed by atoms with Gasteiger partial charge in [0.05, 0.1) is 5.54 Å². The number of benzene rings is 1. The van der Waals surface area contributed by atoms with Crippen molar-refractivity contribution in [3.8, 4) is 0 Å². The summed E-state index contributed by atoms with van der Waals surface area (Å²) in [4.78, 5) is 40.1. The number of rotatable bonds is 6. The minimum absolute atomic E-state index is 0.209. The predicted octanol–water partition coefficient (Wildman–Crippen LogP) is 1.65. The lowest BCUT2D eigenvalue weighted by atomic mass is 10.0. The second kappa shape index (κ2) is 6.86. The molecular formula is C18H23N3O3. The minimum Gasteiger partial charge on any atom is -0.361 e. The topological polar surface area (TPSA) is 82.3 Å². The molecule has 2 amide bonds. The Morgan fingerprint density at radius 2 is 2.00 bits per heavy atom. The van der Waals surface area contributed by atoms with E-state index in [4.69, 9.17) is 0 Å². The molecule has 1 atom stereocenters. The Morgan fingerprint density at radius 1 is 1.33 bits per heavy atom. The first-order chi connectivity index (χ1) is 11.2. The van der Waals surface area contributed by atoms with E-state index in [1.165, 1.54) is 11.8 Å². The fourth-order valence-corrected chi connectivity index (χ4v) is 2.56. The third-order valence-electron chi connectivity index (χ3n) is 4.10. The standard InChI is InChI=1S/C18H23N3O3/c1-12(23)21(4)16(17(24)20-18(2,3)11-22)9-13-10-19-15-8-6-5-7-14(13)15/h5-8,10-11,16,19H,9H2,1-4H3,(H,20,24). The summed E-state index contributed by atoms with van der Waals surface area (Å²) in [5.74, 6) is -0.561. The summed E-state index contributed by atoms with van der Waals surface area (Å²) in [7, 11) is 1.59. The van der Waals surface area contributed by atoms with Crippen LogP contribution in [0.15, 0.2) is 30.5 Å². The highest BCUT2D eigenvalue weighted by Gasteiger charge is 2.30. The van der Waals surface area contributed by atoms with Gasteiger partial charge < -0.3 is 20.0 Å². The number of nitrogens with one attached hydrogen (secondary N) is 2. The van der Waals surface area contributed by atoms with Gasteiger partial charge in [0.1, 0.15) is 12.3 Å².